The summed E-state index contributed by atoms with van der Waals surface area (Å²) in [6, 6.07) is 12.1. The van der Waals surface area contributed by atoms with Crippen LogP contribution in [0.2, 0.25) is 0 Å². The highest BCUT2D eigenvalue weighted by Gasteiger charge is 2.10. The highest BCUT2D eigenvalue weighted by atomic mass is 32.1. The van der Waals surface area contributed by atoms with Crippen molar-refractivity contribution in [1.82, 2.24) is 0 Å². The van der Waals surface area contributed by atoms with Crippen LogP contribution in [0.5, 0.6) is 11.5 Å². The quantitative estimate of drug-likeness (QED) is 0.830. The number of halogens is 1. The monoisotopic (exact) mass is 305 g/mol. The van der Waals surface area contributed by atoms with E-state index < -0.39 is 5.82 Å². The van der Waals surface area contributed by atoms with Gasteiger partial charge >= 0.3 is 0 Å². The average Bonchev–Trinajstić information content (AvgIpc) is 2.46. The first kappa shape index (κ1) is 15.3. The summed E-state index contributed by atoms with van der Waals surface area (Å²) in [5.74, 6) is 0.888. The summed E-state index contributed by atoms with van der Waals surface area (Å²) in [7, 11) is 0. The average molecular weight is 305 g/mol. The molecule has 0 saturated heterocycles. The van der Waals surface area contributed by atoms with Gasteiger partial charge in [-0.3, -0.25) is 0 Å². The Labute approximate surface area is 128 Å². The lowest BCUT2D eigenvalue weighted by Crippen LogP contribution is -2.13. The Morgan fingerprint density at radius 3 is 2.48 bits per heavy atom. The van der Waals surface area contributed by atoms with Crippen LogP contribution in [-0.4, -0.2) is 11.6 Å². The molecule has 0 bridgehead atoms. The summed E-state index contributed by atoms with van der Waals surface area (Å²) in [5, 5.41) is 0. The van der Waals surface area contributed by atoms with E-state index in [1.54, 1.807) is 30.3 Å². The fourth-order valence-electron chi connectivity index (χ4n) is 1.86. The SMILES string of the molecule is CCOc1cccc(OCc2cccc(C(N)=S)c2F)c1. The van der Waals surface area contributed by atoms with Crippen LogP contribution in [0.15, 0.2) is 42.5 Å². The van der Waals surface area contributed by atoms with E-state index >= 15 is 0 Å². The van der Waals surface area contributed by atoms with E-state index in [1.807, 2.05) is 19.1 Å². The molecule has 0 fully saturated rings. The van der Waals surface area contributed by atoms with Crippen molar-refractivity contribution in [1.29, 1.82) is 0 Å². The molecule has 0 amide bonds. The second kappa shape index (κ2) is 7.04. The first-order valence-electron chi connectivity index (χ1n) is 6.54. The van der Waals surface area contributed by atoms with E-state index in [-0.39, 0.29) is 17.2 Å². The minimum atomic E-state index is -0.439. The van der Waals surface area contributed by atoms with Gasteiger partial charge in [0, 0.05) is 17.2 Å². The normalized spacial score (nSPS) is 10.2. The van der Waals surface area contributed by atoms with Crippen molar-refractivity contribution in [2.45, 2.75) is 13.5 Å². The van der Waals surface area contributed by atoms with Gasteiger partial charge in [0.15, 0.2) is 0 Å². The first-order valence-corrected chi connectivity index (χ1v) is 6.95. The molecule has 0 saturated carbocycles. The minimum absolute atomic E-state index is 0.0349. The molecule has 2 aromatic rings. The van der Waals surface area contributed by atoms with E-state index in [1.165, 1.54) is 0 Å². The van der Waals surface area contributed by atoms with Crippen LogP contribution in [0, 0.1) is 5.82 Å². The second-order valence-corrected chi connectivity index (χ2v) is 4.78. The fraction of sp³-hybridized carbons (Fsp3) is 0.188. The Hall–Kier alpha value is -2.14. The maximum atomic E-state index is 14.2. The third kappa shape index (κ3) is 3.92. The van der Waals surface area contributed by atoms with Gasteiger partial charge in [-0.15, -0.1) is 0 Å². The molecule has 5 heteroatoms. The van der Waals surface area contributed by atoms with Gasteiger partial charge in [0.2, 0.25) is 0 Å². The van der Waals surface area contributed by atoms with Gasteiger partial charge in [-0.2, -0.15) is 0 Å². The number of rotatable bonds is 6. The molecule has 0 unspecified atom stereocenters. The highest BCUT2D eigenvalue weighted by molar-refractivity contribution is 7.80. The zero-order valence-corrected chi connectivity index (χ0v) is 12.5. The smallest absolute Gasteiger partial charge is 0.139 e. The maximum Gasteiger partial charge on any atom is 0.139 e. The van der Waals surface area contributed by atoms with Crippen molar-refractivity contribution in [3.63, 3.8) is 0 Å². The summed E-state index contributed by atoms with van der Waals surface area (Å²) >= 11 is 4.81. The van der Waals surface area contributed by atoms with Crippen LogP contribution in [-0.2, 0) is 6.61 Å². The summed E-state index contributed by atoms with van der Waals surface area (Å²) in [4.78, 5) is 0.0349. The highest BCUT2D eigenvalue weighted by Crippen LogP contribution is 2.21. The summed E-state index contributed by atoms with van der Waals surface area (Å²) in [5.41, 5.74) is 6.11. The predicted octanol–water partition coefficient (Wildman–Crippen LogP) is 3.44. The Kier molecular flexibility index (Phi) is 5.11. The third-order valence-corrected chi connectivity index (χ3v) is 3.07. The van der Waals surface area contributed by atoms with E-state index in [0.29, 0.717) is 23.7 Å². The summed E-state index contributed by atoms with van der Waals surface area (Å²) in [6.07, 6.45) is 0. The summed E-state index contributed by atoms with van der Waals surface area (Å²) in [6.45, 7) is 2.58. The van der Waals surface area contributed by atoms with E-state index in [0.717, 1.165) is 0 Å². The van der Waals surface area contributed by atoms with Crippen molar-refractivity contribution in [3.05, 3.63) is 59.4 Å². The van der Waals surface area contributed by atoms with Crippen LogP contribution >= 0.6 is 12.2 Å². The third-order valence-electron chi connectivity index (χ3n) is 2.85. The molecule has 2 aromatic carbocycles. The Morgan fingerprint density at radius 1 is 1.14 bits per heavy atom. The van der Waals surface area contributed by atoms with Gasteiger partial charge in [-0.05, 0) is 25.1 Å². The topological polar surface area (TPSA) is 44.5 Å². The molecule has 0 atom stereocenters. The van der Waals surface area contributed by atoms with Crippen LogP contribution in [0.25, 0.3) is 0 Å². The van der Waals surface area contributed by atoms with Crippen molar-refractivity contribution in [3.8, 4) is 11.5 Å². The number of thiocarbonyl (C=S) groups is 1. The van der Waals surface area contributed by atoms with Gasteiger partial charge in [-0.1, -0.05) is 30.4 Å². The molecule has 110 valence electrons. The van der Waals surface area contributed by atoms with E-state index in [4.69, 9.17) is 27.4 Å². The lowest BCUT2D eigenvalue weighted by atomic mass is 10.1. The number of hydrogen-bond donors (Lipinski definition) is 1. The molecule has 0 aliphatic carbocycles. The fourth-order valence-corrected chi connectivity index (χ4v) is 2.02. The molecule has 2 N–H and O–H groups in total. The van der Waals surface area contributed by atoms with Crippen molar-refractivity contribution >= 4 is 17.2 Å². The zero-order chi connectivity index (χ0) is 15.2. The molecule has 21 heavy (non-hydrogen) atoms. The zero-order valence-electron chi connectivity index (χ0n) is 11.6. The maximum absolute atomic E-state index is 14.2. The molecule has 2 rings (SSSR count). The van der Waals surface area contributed by atoms with Crippen molar-refractivity contribution in [2.75, 3.05) is 6.61 Å². The van der Waals surface area contributed by atoms with Crippen LogP contribution in [0.4, 0.5) is 4.39 Å². The van der Waals surface area contributed by atoms with Gasteiger partial charge in [0.05, 0.1) is 6.61 Å². The van der Waals surface area contributed by atoms with E-state index in [2.05, 4.69) is 0 Å². The van der Waals surface area contributed by atoms with Crippen LogP contribution in [0.1, 0.15) is 18.1 Å². The lowest BCUT2D eigenvalue weighted by molar-refractivity contribution is 0.294. The molecule has 0 aliphatic heterocycles. The van der Waals surface area contributed by atoms with Gasteiger partial charge in [-0.25, -0.2) is 4.39 Å². The number of hydrogen-bond acceptors (Lipinski definition) is 3. The van der Waals surface area contributed by atoms with Crippen LogP contribution in [0.3, 0.4) is 0 Å². The standard InChI is InChI=1S/C16H16FNO2S/c1-2-19-12-6-4-7-13(9-12)20-10-11-5-3-8-14(15(11)17)16(18)21/h3-9H,2,10H2,1H3,(H2,18,21). The predicted molar refractivity (Wildman–Crippen MR) is 84.2 cm³/mol. The lowest BCUT2D eigenvalue weighted by Gasteiger charge is -2.10. The molecular formula is C16H16FNO2S. The van der Waals surface area contributed by atoms with Crippen LogP contribution < -0.4 is 15.2 Å². The molecule has 0 aliphatic rings. The van der Waals surface area contributed by atoms with Crippen molar-refractivity contribution < 1.29 is 13.9 Å². The second-order valence-electron chi connectivity index (χ2n) is 4.34. The Morgan fingerprint density at radius 2 is 1.81 bits per heavy atom. The number of nitrogens with two attached hydrogens (primary N) is 1. The van der Waals surface area contributed by atoms with Gasteiger partial charge < -0.3 is 15.2 Å². The van der Waals surface area contributed by atoms with Gasteiger partial charge in [0.25, 0.3) is 0 Å². The van der Waals surface area contributed by atoms with E-state index in [9.17, 15) is 4.39 Å². The molecule has 0 aromatic heterocycles. The molecule has 3 nitrogen and oxygen atoms in total. The molecule has 0 heterocycles. The summed E-state index contributed by atoms with van der Waals surface area (Å²) < 4.78 is 25.1. The first-order chi connectivity index (χ1) is 10.1. The Bertz CT molecular complexity index is 646. The number of benzene rings is 2. The molecular weight excluding hydrogens is 289 g/mol. The Balaban J connectivity index is 2.11. The van der Waals surface area contributed by atoms with Crippen molar-refractivity contribution in [2.24, 2.45) is 5.73 Å². The minimum Gasteiger partial charge on any atom is -0.494 e. The molecule has 0 spiro atoms. The number of ether oxygens (including phenoxy) is 2. The largest absolute Gasteiger partial charge is 0.494 e. The molecule has 0 radical (unpaired) electrons. The van der Waals surface area contributed by atoms with Gasteiger partial charge in [0.1, 0.15) is 28.9 Å².